The highest BCUT2D eigenvalue weighted by Crippen LogP contribution is 2.21. The lowest BCUT2D eigenvalue weighted by Gasteiger charge is -2.33. The van der Waals surface area contributed by atoms with E-state index in [2.05, 4.69) is 5.32 Å². The van der Waals surface area contributed by atoms with E-state index in [1.54, 1.807) is 0 Å². The quantitative estimate of drug-likeness (QED) is 0.547. The summed E-state index contributed by atoms with van der Waals surface area (Å²) in [5.74, 6) is 0.580. The molecular weight excluding hydrogens is 380 g/mol. The Morgan fingerprint density at radius 1 is 1.00 bits per heavy atom. The molecule has 0 aromatic carbocycles. The van der Waals surface area contributed by atoms with Crippen LogP contribution in [-0.4, -0.2) is 61.8 Å². The molecule has 1 aliphatic carbocycles. The lowest BCUT2D eigenvalue weighted by Crippen LogP contribution is -2.44. The minimum atomic E-state index is -0.431. The van der Waals surface area contributed by atoms with E-state index in [9.17, 15) is 4.79 Å². The molecule has 0 spiro atoms. The van der Waals surface area contributed by atoms with E-state index in [0.717, 1.165) is 51.9 Å². The third-order valence-corrected chi connectivity index (χ3v) is 6.01. The highest BCUT2D eigenvalue weighted by molar-refractivity contribution is 5.68. The van der Waals surface area contributed by atoms with Crippen LogP contribution in [0, 0.1) is 5.92 Å². The van der Waals surface area contributed by atoms with Gasteiger partial charge in [-0.3, -0.25) is 0 Å². The number of likely N-dealkylation sites (tertiary alicyclic amines) is 1. The van der Waals surface area contributed by atoms with Crippen LogP contribution in [0.2, 0.25) is 0 Å². The zero-order valence-corrected chi connectivity index (χ0v) is 19.9. The van der Waals surface area contributed by atoms with Gasteiger partial charge in [0.2, 0.25) is 0 Å². The number of carbonyl (C=O) groups is 1. The number of nitrogens with zero attached hydrogens (tertiary/aromatic N) is 1. The van der Waals surface area contributed by atoms with Crippen LogP contribution in [0.15, 0.2) is 0 Å². The standard InChI is InChI=1S/C24H46N2O4/c1-5-28-22(29-21-12-10-8-6-7-9-11-13-21)19-25-18-20-14-16-26(17-15-20)23(27)30-24(2,3)4/h20-22,25H,5-19H2,1-4H3. The first-order valence-corrected chi connectivity index (χ1v) is 12.3. The fourth-order valence-corrected chi connectivity index (χ4v) is 4.33. The number of hydrogen-bond acceptors (Lipinski definition) is 5. The fraction of sp³-hybridized carbons (Fsp3) is 0.958. The van der Waals surface area contributed by atoms with E-state index in [1.165, 1.54) is 38.5 Å². The number of piperidine rings is 1. The smallest absolute Gasteiger partial charge is 0.410 e. The molecule has 1 saturated heterocycles. The van der Waals surface area contributed by atoms with Crippen molar-refractivity contribution in [2.45, 2.75) is 110 Å². The van der Waals surface area contributed by atoms with Gasteiger partial charge in [-0.1, -0.05) is 38.5 Å². The van der Waals surface area contributed by atoms with Crippen LogP contribution in [0.5, 0.6) is 0 Å². The Hall–Kier alpha value is -0.850. The van der Waals surface area contributed by atoms with Crippen molar-refractivity contribution in [2.24, 2.45) is 5.92 Å². The summed E-state index contributed by atoms with van der Waals surface area (Å²) in [6.07, 6.45) is 12.3. The lowest BCUT2D eigenvalue weighted by molar-refractivity contribution is -0.168. The summed E-state index contributed by atoms with van der Waals surface area (Å²) in [5.41, 5.74) is -0.431. The second-order valence-corrected chi connectivity index (χ2v) is 9.91. The SMILES string of the molecule is CCOC(CNCC1CCN(C(=O)OC(C)(C)C)CC1)OC1CCCCCCCC1. The summed E-state index contributed by atoms with van der Waals surface area (Å²) < 4.78 is 17.7. The van der Waals surface area contributed by atoms with Crippen molar-refractivity contribution < 1.29 is 19.0 Å². The topological polar surface area (TPSA) is 60.0 Å². The number of amides is 1. The molecule has 1 saturated carbocycles. The van der Waals surface area contributed by atoms with Gasteiger partial charge in [0.05, 0.1) is 6.10 Å². The second kappa shape index (κ2) is 13.5. The van der Waals surface area contributed by atoms with E-state index >= 15 is 0 Å². The molecule has 1 atom stereocenters. The lowest BCUT2D eigenvalue weighted by atomic mass is 9.97. The molecule has 0 aromatic rings. The van der Waals surface area contributed by atoms with Gasteiger partial charge in [-0.15, -0.1) is 0 Å². The first-order valence-electron chi connectivity index (χ1n) is 12.3. The van der Waals surface area contributed by atoms with Crippen LogP contribution < -0.4 is 5.32 Å². The van der Waals surface area contributed by atoms with Gasteiger partial charge in [0.1, 0.15) is 5.60 Å². The van der Waals surface area contributed by atoms with Crippen LogP contribution in [0.3, 0.4) is 0 Å². The number of carbonyl (C=O) groups excluding carboxylic acids is 1. The predicted octanol–water partition coefficient (Wildman–Crippen LogP) is 5.11. The van der Waals surface area contributed by atoms with Gasteiger partial charge in [-0.2, -0.15) is 0 Å². The number of ether oxygens (including phenoxy) is 3. The Kier molecular flexibility index (Phi) is 11.5. The number of hydrogen-bond donors (Lipinski definition) is 1. The number of nitrogens with one attached hydrogen (secondary N) is 1. The molecule has 1 heterocycles. The third kappa shape index (κ3) is 10.5. The van der Waals surface area contributed by atoms with Crippen LogP contribution in [0.4, 0.5) is 4.79 Å². The van der Waals surface area contributed by atoms with Crippen LogP contribution >= 0.6 is 0 Å². The van der Waals surface area contributed by atoms with Gasteiger partial charge in [-0.05, 0) is 65.8 Å². The molecule has 6 nitrogen and oxygen atoms in total. The first-order chi connectivity index (χ1) is 14.4. The van der Waals surface area contributed by atoms with Gasteiger partial charge in [0.25, 0.3) is 0 Å². The van der Waals surface area contributed by atoms with Gasteiger partial charge in [-0.25, -0.2) is 4.79 Å². The Bertz CT molecular complexity index is 462. The summed E-state index contributed by atoms with van der Waals surface area (Å²) in [7, 11) is 0. The van der Waals surface area contributed by atoms with E-state index in [4.69, 9.17) is 14.2 Å². The summed E-state index contributed by atoms with van der Waals surface area (Å²) in [5, 5.41) is 3.57. The molecule has 2 rings (SSSR count). The average Bonchev–Trinajstić information content (AvgIpc) is 2.81. The zero-order valence-electron chi connectivity index (χ0n) is 19.9. The normalized spacial score (nSPS) is 21.5. The van der Waals surface area contributed by atoms with Crippen molar-refractivity contribution in [3.05, 3.63) is 0 Å². The summed E-state index contributed by atoms with van der Waals surface area (Å²) in [4.78, 5) is 14.0. The molecule has 2 fully saturated rings. The van der Waals surface area contributed by atoms with Crippen molar-refractivity contribution in [1.29, 1.82) is 0 Å². The Labute approximate surface area is 184 Å². The number of rotatable bonds is 8. The van der Waals surface area contributed by atoms with Gasteiger partial charge in [0.15, 0.2) is 6.29 Å². The third-order valence-electron chi connectivity index (χ3n) is 6.01. The van der Waals surface area contributed by atoms with Crippen molar-refractivity contribution in [3.63, 3.8) is 0 Å². The predicted molar refractivity (Wildman–Crippen MR) is 121 cm³/mol. The Balaban J connectivity index is 1.67. The average molecular weight is 427 g/mol. The van der Waals surface area contributed by atoms with E-state index in [-0.39, 0.29) is 12.4 Å². The summed E-state index contributed by atoms with van der Waals surface area (Å²) in [6.45, 7) is 11.7. The highest BCUT2D eigenvalue weighted by Gasteiger charge is 2.27. The molecule has 1 N–H and O–H groups in total. The van der Waals surface area contributed by atoms with E-state index in [0.29, 0.717) is 18.6 Å². The van der Waals surface area contributed by atoms with Crippen molar-refractivity contribution in [3.8, 4) is 0 Å². The minimum Gasteiger partial charge on any atom is -0.444 e. The summed E-state index contributed by atoms with van der Waals surface area (Å²) in [6, 6.07) is 0. The van der Waals surface area contributed by atoms with Crippen molar-refractivity contribution in [2.75, 3.05) is 32.8 Å². The monoisotopic (exact) mass is 426 g/mol. The second-order valence-electron chi connectivity index (χ2n) is 9.91. The molecule has 0 bridgehead atoms. The molecule has 1 amide bonds. The maximum atomic E-state index is 12.2. The van der Waals surface area contributed by atoms with Crippen molar-refractivity contribution >= 4 is 6.09 Å². The largest absolute Gasteiger partial charge is 0.444 e. The maximum absolute atomic E-state index is 12.2. The molecule has 6 heteroatoms. The molecular formula is C24H46N2O4. The van der Waals surface area contributed by atoms with E-state index in [1.807, 2.05) is 32.6 Å². The van der Waals surface area contributed by atoms with Crippen LogP contribution in [0.25, 0.3) is 0 Å². The van der Waals surface area contributed by atoms with Crippen LogP contribution in [0.1, 0.15) is 91.9 Å². The Morgan fingerprint density at radius 2 is 1.60 bits per heavy atom. The Morgan fingerprint density at radius 3 is 2.17 bits per heavy atom. The van der Waals surface area contributed by atoms with Gasteiger partial charge >= 0.3 is 6.09 Å². The van der Waals surface area contributed by atoms with E-state index < -0.39 is 5.60 Å². The minimum absolute atomic E-state index is 0.164. The molecule has 1 aliphatic heterocycles. The van der Waals surface area contributed by atoms with Gasteiger partial charge in [0, 0.05) is 26.2 Å². The van der Waals surface area contributed by atoms with Gasteiger partial charge < -0.3 is 24.4 Å². The molecule has 2 aliphatic rings. The molecule has 0 radical (unpaired) electrons. The highest BCUT2D eigenvalue weighted by atomic mass is 16.7. The summed E-state index contributed by atoms with van der Waals surface area (Å²) >= 11 is 0. The molecule has 176 valence electrons. The first kappa shape index (κ1) is 25.4. The van der Waals surface area contributed by atoms with Crippen LogP contribution in [-0.2, 0) is 14.2 Å². The fourth-order valence-electron chi connectivity index (χ4n) is 4.33. The maximum Gasteiger partial charge on any atom is 0.410 e. The van der Waals surface area contributed by atoms with Crippen molar-refractivity contribution in [1.82, 2.24) is 10.2 Å². The molecule has 1 unspecified atom stereocenters. The molecule has 0 aromatic heterocycles. The zero-order chi connectivity index (χ0) is 21.8. The molecule has 30 heavy (non-hydrogen) atoms.